The van der Waals surface area contributed by atoms with Crippen LogP contribution < -0.4 is 37.6 Å². The fourth-order valence-electron chi connectivity index (χ4n) is 5.11. The van der Waals surface area contributed by atoms with Gasteiger partial charge in [-0.3, -0.25) is 9.59 Å². The van der Waals surface area contributed by atoms with Crippen molar-refractivity contribution in [3.05, 3.63) is 91.0 Å². The first kappa shape index (κ1) is 38.5. The van der Waals surface area contributed by atoms with Gasteiger partial charge in [0.15, 0.2) is 0 Å². The van der Waals surface area contributed by atoms with Gasteiger partial charge in [0.05, 0.1) is 14.2 Å². The third kappa shape index (κ3) is 11.7. The molecule has 3 aromatic carbocycles. The third-order valence-corrected chi connectivity index (χ3v) is 14.8. The molecule has 3 aromatic rings. The predicted molar refractivity (Wildman–Crippen MR) is 196 cm³/mol. The SMILES string of the molecule is COC(=O)CNC(=O)[C@H](CSSCC(=O)NCC[PH](c1ccccc1)(c1ccccc1)c1ccccc1)NC(=O)CC[C@H](N)C(=O)OC. The summed E-state index contributed by atoms with van der Waals surface area (Å²) in [6.07, 6.45) is 0.666. The maximum absolute atomic E-state index is 13.0. The molecular formula is C34H43N4O7PS2. The maximum atomic E-state index is 13.0. The first-order valence-electron chi connectivity index (χ1n) is 15.4. The average molecular weight is 715 g/mol. The monoisotopic (exact) mass is 714 g/mol. The fourth-order valence-corrected chi connectivity index (χ4v) is 11.8. The van der Waals surface area contributed by atoms with E-state index < -0.39 is 43.1 Å². The van der Waals surface area contributed by atoms with E-state index in [0.29, 0.717) is 6.54 Å². The van der Waals surface area contributed by atoms with E-state index in [1.165, 1.54) is 51.7 Å². The molecular weight excluding hydrogens is 672 g/mol. The second-order valence-corrected chi connectivity index (χ2v) is 17.3. The van der Waals surface area contributed by atoms with Crippen molar-refractivity contribution in [1.82, 2.24) is 16.0 Å². The number of rotatable bonds is 19. The van der Waals surface area contributed by atoms with E-state index in [4.69, 9.17) is 5.73 Å². The summed E-state index contributed by atoms with van der Waals surface area (Å²) < 4.78 is 9.14. The topological polar surface area (TPSA) is 166 Å². The third-order valence-electron chi connectivity index (χ3n) is 7.60. The Hall–Kier alpha value is -3.90. The average Bonchev–Trinajstić information content (AvgIpc) is 3.13. The molecule has 0 fully saturated rings. The van der Waals surface area contributed by atoms with Crippen LogP contribution in [-0.4, -0.2) is 86.7 Å². The Labute approximate surface area is 289 Å². The van der Waals surface area contributed by atoms with E-state index >= 15 is 0 Å². The molecule has 258 valence electrons. The Kier molecular flexibility index (Phi) is 16.4. The second kappa shape index (κ2) is 20.5. The zero-order valence-corrected chi connectivity index (χ0v) is 29.6. The molecule has 3 amide bonds. The van der Waals surface area contributed by atoms with Crippen molar-refractivity contribution in [2.24, 2.45) is 5.73 Å². The van der Waals surface area contributed by atoms with Crippen LogP contribution in [0.25, 0.3) is 0 Å². The number of nitrogens with two attached hydrogens (primary N) is 1. The molecule has 0 spiro atoms. The summed E-state index contributed by atoms with van der Waals surface area (Å²) in [5.41, 5.74) is 5.71. The van der Waals surface area contributed by atoms with Crippen molar-refractivity contribution < 1.29 is 33.4 Å². The van der Waals surface area contributed by atoms with E-state index in [9.17, 15) is 24.0 Å². The van der Waals surface area contributed by atoms with Crippen molar-refractivity contribution in [2.45, 2.75) is 24.9 Å². The van der Waals surface area contributed by atoms with Gasteiger partial charge in [-0.05, 0) is 6.42 Å². The summed E-state index contributed by atoms with van der Waals surface area (Å²) in [5, 5.41) is 11.9. The molecule has 0 bridgehead atoms. The summed E-state index contributed by atoms with van der Waals surface area (Å²) in [7, 11) is 2.39. The van der Waals surface area contributed by atoms with Gasteiger partial charge in [-0.15, -0.1) is 0 Å². The van der Waals surface area contributed by atoms with Crippen LogP contribution in [0.3, 0.4) is 0 Å². The molecule has 3 rings (SSSR count). The summed E-state index contributed by atoms with van der Waals surface area (Å²) in [5.74, 6) is -2.29. The van der Waals surface area contributed by atoms with Gasteiger partial charge in [-0.25, -0.2) is 0 Å². The number of hydrogen-bond donors (Lipinski definition) is 4. The zero-order chi connectivity index (χ0) is 34.8. The Morgan fingerprint density at radius 1 is 0.750 bits per heavy atom. The number of benzene rings is 3. The van der Waals surface area contributed by atoms with Crippen LogP contribution in [0.5, 0.6) is 0 Å². The molecule has 5 N–H and O–H groups in total. The normalized spacial score (nSPS) is 12.6. The van der Waals surface area contributed by atoms with Gasteiger partial charge in [0.1, 0.15) is 6.04 Å². The van der Waals surface area contributed by atoms with E-state index in [1.54, 1.807) is 0 Å². The van der Waals surface area contributed by atoms with Crippen molar-refractivity contribution >= 4 is 74.4 Å². The Morgan fingerprint density at radius 3 is 1.79 bits per heavy atom. The van der Waals surface area contributed by atoms with Gasteiger partial charge in [0, 0.05) is 0 Å². The van der Waals surface area contributed by atoms with Crippen molar-refractivity contribution in [2.75, 3.05) is 45.0 Å². The predicted octanol–water partition coefficient (Wildman–Crippen LogP) is 1.26. The quantitative estimate of drug-likeness (QED) is 0.0615. The van der Waals surface area contributed by atoms with E-state index in [1.807, 2.05) is 18.2 Å². The van der Waals surface area contributed by atoms with Crippen LogP contribution in [0, 0.1) is 0 Å². The van der Waals surface area contributed by atoms with Gasteiger partial charge < -0.3 is 15.2 Å². The number of ether oxygens (including phenoxy) is 2. The second-order valence-electron chi connectivity index (χ2n) is 10.7. The molecule has 0 aliphatic rings. The van der Waals surface area contributed by atoms with E-state index in [-0.39, 0.29) is 36.8 Å². The van der Waals surface area contributed by atoms with Gasteiger partial charge in [0.25, 0.3) is 0 Å². The van der Waals surface area contributed by atoms with Crippen LogP contribution in [0.4, 0.5) is 0 Å². The molecule has 2 atom stereocenters. The number of carbonyl (C=O) groups excluding carboxylic acids is 5. The first-order valence-corrected chi connectivity index (χ1v) is 20.1. The number of methoxy groups -OCH3 is 2. The smallest absolute Gasteiger partial charge is 0.468 e. The van der Waals surface area contributed by atoms with E-state index in [2.05, 4.69) is 98.2 Å². The molecule has 11 nitrogen and oxygen atoms in total. The van der Waals surface area contributed by atoms with Crippen molar-refractivity contribution in [3.8, 4) is 0 Å². The number of carbonyl (C=O) groups is 5. The molecule has 14 heteroatoms. The minimum atomic E-state index is -2.49. The molecule has 0 saturated carbocycles. The van der Waals surface area contributed by atoms with Crippen LogP contribution >= 0.6 is 28.9 Å². The van der Waals surface area contributed by atoms with Gasteiger partial charge in [-0.1, -0.05) is 0 Å². The van der Waals surface area contributed by atoms with Crippen molar-refractivity contribution in [3.63, 3.8) is 0 Å². The Balaban J connectivity index is 1.59. The van der Waals surface area contributed by atoms with Gasteiger partial charge in [0.2, 0.25) is 0 Å². The standard InChI is InChI=1S/C34H43N4O7PS2/c1-44-32(41)22-37-33(42)29(38-30(39)19-18-28(35)34(43)45-2)23-47-48-24-31(40)36-20-21-46(25-12-6-3-7-13-25,26-14-8-4-9-15-26)27-16-10-5-11-17-27/h3-17,28-29,46H,18-24,35H2,1-2H3,(H,36,40)(H,37,42)(H,38,39)/t28-,29-/m0/s1. The summed E-state index contributed by atoms with van der Waals surface area (Å²) >= 11 is 0. The Bertz CT molecular complexity index is 1390. The van der Waals surface area contributed by atoms with Crippen LogP contribution in [0.2, 0.25) is 0 Å². The molecule has 0 radical (unpaired) electrons. The molecule has 0 heterocycles. The summed E-state index contributed by atoms with van der Waals surface area (Å²) in [4.78, 5) is 61.3. The van der Waals surface area contributed by atoms with Crippen LogP contribution in [0.1, 0.15) is 12.8 Å². The van der Waals surface area contributed by atoms with Crippen molar-refractivity contribution in [1.29, 1.82) is 0 Å². The molecule has 0 aliphatic heterocycles. The molecule has 0 aliphatic carbocycles. The number of amides is 3. The summed E-state index contributed by atoms with van der Waals surface area (Å²) in [6, 6.07) is 29.4. The van der Waals surface area contributed by atoms with Crippen LogP contribution in [-0.2, 0) is 33.4 Å². The first-order chi connectivity index (χ1) is 23.2. The summed E-state index contributed by atoms with van der Waals surface area (Å²) in [6.45, 7) is 0.103. The minimum absolute atomic E-state index is 0.0278. The number of nitrogens with one attached hydrogen (secondary N) is 3. The van der Waals surface area contributed by atoms with Gasteiger partial charge >= 0.3 is 239 Å². The number of esters is 2. The molecule has 0 aromatic heterocycles. The van der Waals surface area contributed by atoms with Crippen LogP contribution in [0.15, 0.2) is 91.0 Å². The molecule has 0 saturated heterocycles. The molecule has 48 heavy (non-hydrogen) atoms. The molecule has 0 unspecified atom stereocenters. The zero-order valence-electron chi connectivity index (χ0n) is 27.0. The fraction of sp³-hybridized carbons (Fsp3) is 0.324. The number of hydrogen-bond acceptors (Lipinski definition) is 10. The van der Waals surface area contributed by atoms with E-state index in [0.717, 1.165) is 6.16 Å². The minimum Gasteiger partial charge on any atom is -0.468 e. The van der Waals surface area contributed by atoms with Gasteiger partial charge in [-0.2, -0.15) is 0 Å². The Morgan fingerprint density at radius 2 is 1.29 bits per heavy atom.